The van der Waals surface area contributed by atoms with Crippen molar-refractivity contribution in [1.82, 2.24) is 24.9 Å². The minimum atomic E-state index is -0.0622. The molecule has 4 heterocycles. The number of amides is 1. The molecule has 1 spiro atoms. The van der Waals surface area contributed by atoms with Crippen molar-refractivity contribution >= 4 is 5.91 Å². The summed E-state index contributed by atoms with van der Waals surface area (Å²) >= 11 is 0. The van der Waals surface area contributed by atoms with Gasteiger partial charge in [-0.3, -0.25) is 9.48 Å². The number of carbonyl (C=O) groups excluding carboxylic acids is 1. The summed E-state index contributed by atoms with van der Waals surface area (Å²) in [4.78, 5) is 14.9. The number of rotatable bonds is 3. The van der Waals surface area contributed by atoms with Gasteiger partial charge in [0.25, 0.3) is 5.91 Å². The fourth-order valence-electron chi connectivity index (χ4n) is 4.11. The van der Waals surface area contributed by atoms with E-state index in [9.17, 15) is 4.79 Å². The van der Waals surface area contributed by atoms with Crippen LogP contribution in [0.5, 0.6) is 0 Å². The smallest absolute Gasteiger partial charge is 0.272 e. The van der Waals surface area contributed by atoms with Crippen LogP contribution in [-0.2, 0) is 11.8 Å². The lowest BCUT2D eigenvalue weighted by molar-refractivity contribution is 0.00882. The molecule has 0 bridgehead atoms. The Balaban J connectivity index is 1.64. The topological polar surface area (TPSA) is 86.3 Å². The molecule has 4 rings (SSSR count). The molecule has 0 aliphatic carbocycles. The average Bonchev–Trinajstić information content (AvgIpc) is 3.34. The Kier molecular flexibility index (Phi) is 4.30. The number of hydrogen-bond donors (Lipinski definition) is 0. The van der Waals surface area contributed by atoms with Crippen LogP contribution in [0.15, 0.2) is 16.7 Å². The van der Waals surface area contributed by atoms with Crippen molar-refractivity contribution < 1.29 is 13.9 Å². The van der Waals surface area contributed by atoms with E-state index in [0.29, 0.717) is 43.8 Å². The largest absolute Gasteiger partial charge is 0.425 e. The van der Waals surface area contributed by atoms with Crippen molar-refractivity contribution in [3.63, 3.8) is 0 Å². The summed E-state index contributed by atoms with van der Waals surface area (Å²) in [5, 5.41) is 12.7. The first-order valence-corrected chi connectivity index (χ1v) is 9.18. The lowest BCUT2D eigenvalue weighted by Crippen LogP contribution is -2.37. The van der Waals surface area contributed by atoms with Crippen molar-refractivity contribution in [3.05, 3.63) is 29.7 Å². The molecular weight excluding hydrogens is 334 g/mol. The summed E-state index contributed by atoms with van der Waals surface area (Å²) in [6, 6.07) is 1.76. The van der Waals surface area contributed by atoms with Gasteiger partial charge in [-0.2, -0.15) is 5.10 Å². The first kappa shape index (κ1) is 17.2. The van der Waals surface area contributed by atoms with Gasteiger partial charge in [0.15, 0.2) is 0 Å². The van der Waals surface area contributed by atoms with Crippen molar-refractivity contribution in [3.8, 4) is 0 Å². The molecule has 2 saturated heterocycles. The fourth-order valence-corrected chi connectivity index (χ4v) is 4.11. The van der Waals surface area contributed by atoms with Crippen molar-refractivity contribution in [2.75, 3.05) is 26.3 Å². The van der Waals surface area contributed by atoms with Gasteiger partial charge in [-0.05, 0) is 18.9 Å². The Bertz CT molecular complexity index is 790. The van der Waals surface area contributed by atoms with Crippen LogP contribution in [0, 0.1) is 5.41 Å². The number of aryl methyl sites for hydroxylation is 1. The predicted octanol–water partition coefficient (Wildman–Crippen LogP) is 1.96. The molecule has 1 unspecified atom stereocenters. The highest BCUT2D eigenvalue weighted by Gasteiger charge is 2.51. The minimum Gasteiger partial charge on any atom is -0.425 e. The molecule has 2 fully saturated rings. The first-order valence-electron chi connectivity index (χ1n) is 9.18. The second-order valence-electron chi connectivity index (χ2n) is 7.69. The van der Waals surface area contributed by atoms with Gasteiger partial charge in [-0.25, -0.2) is 0 Å². The van der Waals surface area contributed by atoms with E-state index < -0.39 is 0 Å². The maximum Gasteiger partial charge on any atom is 0.272 e. The highest BCUT2D eigenvalue weighted by molar-refractivity contribution is 5.92. The molecule has 2 aliphatic heterocycles. The van der Waals surface area contributed by atoms with E-state index in [4.69, 9.17) is 9.15 Å². The molecule has 1 atom stereocenters. The summed E-state index contributed by atoms with van der Waals surface area (Å²) < 4.78 is 13.2. The summed E-state index contributed by atoms with van der Waals surface area (Å²) in [6.45, 7) is 6.75. The van der Waals surface area contributed by atoms with Gasteiger partial charge in [0.05, 0.1) is 5.92 Å². The first-order chi connectivity index (χ1) is 12.5. The number of aromatic nitrogens is 4. The molecular formula is C18H25N5O3. The van der Waals surface area contributed by atoms with E-state index in [-0.39, 0.29) is 23.2 Å². The lowest BCUT2D eigenvalue weighted by atomic mass is 9.72. The van der Waals surface area contributed by atoms with Gasteiger partial charge in [0.2, 0.25) is 11.8 Å². The maximum absolute atomic E-state index is 13.0. The normalized spacial score (nSPS) is 22.5. The lowest BCUT2D eigenvalue weighted by Gasteiger charge is -2.36. The van der Waals surface area contributed by atoms with Crippen LogP contribution in [0.2, 0.25) is 0 Å². The second-order valence-corrected chi connectivity index (χ2v) is 7.69. The van der Waals surface area contributed by atoms with Gasteiger partial charge in [-0.15, -0.1) is 10.2 Å². The number of carbonyl (C=O) groups is 1. The third kappa shape index (κ3) is 2.82. The zero-order valence-corrected chi connectivity index (χ0v) is 15.5. The Hall–Kier alpha value is -2.22. The Labute approximate surface area is 152 Å². The SMILES string of the molecule is CC(C)c1nnc(C2CN(C(=O)c3ccnn3C)CC23CCOCC3)o1. The second kappa shape index (κ2) is 6.50. The molecule has 1 amide bonds. The van der Waals surface area contributed by atoms with Crippen molar-refractivity contribution in [1.29, 1.82) is 0 Å². The van der Waals surface area contributed by atoms with E-state index in [0.717, 1.165) is 12.8 Å². The zero-order chi connectivity index (χ0) is 18.3. The molecule has 140 valence electrons. The molecule has 0 aromatic carbocycles. The Morgan fingerprint density at radius 2 is 2.08 bits per heavy atom. The van der Waals surface area contributed by atoms with E-state index in [1.165, 1.54) is 0 Å². The van der Waals surface area contributed by atoms with Gasteiger partial charge in [-0.1, -0.05) is 13.8 Å². The molecule has 26 heavy (non-hydrogen) atoms. The summed E-state index contributed by atoms with van der Waals surface area (Å²) in [6.07, 6.45) is 3.44. The van der Waals surface area contributed by atoms with Crippen LogP contribution >= 0.6 is 0 Å². The van der Waals surface area contributed by atoms with E-state index in [1.807, 2.05) is 18.7 Å². The molecule has 0 saturated carbocycles. The molecule has 2 aromatic heterocycles. The van der Waals surface area contributed by atoms with E-state index in [1.54, 1.807) is 24.0 Å². The summed E-state index contributed by atoms with van der Waals surface area (Å²) in [7, 11) is 1.79. The quantitative estimate of drug-likeness (QED) is 0.833. The number of nitrogens with zero attached hydrogens (tertiary/aromatic N) is 5. The van der Waals surface area contributed by atoms with Crippen LogP contribution in [0.4, 0.5) is 0 Å². The third-order valence-corrected chi connectivity index (χ3v) is 5.71. The van der Waals surface area contributed by atoms with Crippen LogP contribution in [0.1, 0.15) is 60.8 Å². The van der Waals surface area contributed by atoms with Gasteiger partial charge in [0, 0.05) is 50.9 Å². The monoisotopic (exact) mass is 359 g/mol. The number of hydrogen-bond acceptors (Lipinski definition) is 6. The molecule has 8 heteroatoms. The van der Waals surface area contributed by atoms with Crippen LogP contribution < -0.4 is 0 Å². The molecule has 2 aliphatic rings. The molecule has 0 N–H and O–H groups in total. The van der Waals surface area contributed by atoms with Gasteiger partial charge in [0.1, 0.15) is 5.69 Å². The maximum atomic E-state index is 13.0. The van der Waals surface area contributed by atoms with Gasteiger partial charge >= 0.3 is 0 Å². The average molecular weight is 359 g/mol. The predicted molar refractivity (Wildman–Crippen MR) is 92.7 cm³/mol. The van der Waals surface area contributed by atoms with E-state index >= 15 is 0 Å². The van der Waals surface area contributed by atoms with E-state index in [2.05, 4.69) is 15.3 Å². The molecule has 8 nitrogen and oxygen atoms in total. The summed E-state index contributed by atoms with van der Waals surface area (Å²) in [5.41, 5.74) is 0.536. The Morgan fingerprint density at radius 1 is 1.31 bits per heavy atom. The Morgan fingerprint density at radius 3 is 2.69 bits per heavy atom. The van der Waals surface area contributed by atoms with Crippen LogP contribution in [0.25, 0.3) is 0 Å². The number of likely N-dealkylation sites (tertiary alicyclic amines) is 1. The van der Waals surface area contributed by atoms with Crippen LogP contribution in [0.3, 0.4) is 0 Å². The summed E-state index contributed by atoms with van der Waals surface area (Å²) in [5.74, 6) is 1.54. The van der Waals surface area contributed by atoms with Crippen molar-refractivity contribution in [2.24, 2.45) is 12.5 Å². The van der Waals surface area contributed by atoms with Crippen LogP contribution in [-0.4, -0.2) is 57.1 Å². The highest BCUT2D eigenvalue weighted by Crippen LogP contribution is 2.49. The van der Waals surface area contributed by atoms with Gasteiger partial charge < -0.3 is 14.1 Å². The number of ether oxygens (including phenoxy) is 1. The third-order valence-electron chi connectivity index (χ3n) is 5.71. The fraction of sp³-hybridized carbons (Fsp3) is 0.667. The molecule has 0 radical (unpaired) electrons. The minimum absolute atomic E-state index is 0.00182. The highest BCUT2D eigenvalue weighted by atomic mass is 16.5. The standard InChI is InChI=1S/C18H25N5O3/c1-12(2)15-20-21-16(26-15)13-10-23(11-18(13)5-8-25-9-6-18)17(24)14-4-7-19-22(14)3/h4,7,12-13H,5-6,8-11H2,1-3H3. The zero-order valence-electron chi connectivity index (χ0n) is 15.5. The molecule has 2 aromatic rings. The van der Waals surface area contributed by atoms with Crippen molar-refractivity contribution in [2.45, 2.75) is 38.5 Å².